The van der Waals surface area contributed by atoms with Gasteiger partial charge in [-0.25, -0.2) is 22.4 Å². The Morgan fingerprint density at radius 1 is 1.11 bits per heavy atom. The molecule has 0 aromatic carbocycles. The molecule has 0 aromatic heterocycles. The van der Waals surface area contributed by atoms with Crippen molar-refractivity contribution in [2.45, 2.75) is 0 Å². The van der Waals surface area contributed by atoms with Crippen molar-refractivity contribution in [3.05, 3.63) is 0 Å². The van der Waals surface area contributed by atoms with Crippen LogP contribution < -0.4 is 0 Å². The summed E-state index contributed by atoms with van der Waals surface area (Å²) in [5.74, 6) is -1.80. The summed E-state index contributed by atoms with van der Waals surface area (Å²) < 4.78 is -1.10. The standard InChI is InChI=1S/PS8/c2-1(3)9(6,7)8(4)5/q-1. The topological polar surface area (TPSA) is 0 Å². The van der Waals surface area contributed by atoms with E-state index >= 15 is 0 Å². The lowest BCUT2D eigenvalue weighted by Gasteiger charge is -2.04. The molecule has 0 atom stereocenters. The smallest absolute Gasteiger partial charge is 0.0596 e. The van der Waals surface area contributed by atoms with Gasteiger partial charge in [-0.2, -0.15) is 0 Å². The molecule has 0 aliphatic carbocycles. The van der Waals surface area contributed by atoms with Gasteiger partial charge in [-0.3, -0.25) is 7.05 Å². The summed E-state index contributed by atoms with van der Waals surface area (Å²) in [5.41, 5.74) is 0. The van der Waals surface area contributed by atoms with Gasteiger partial charge in [0, 0.05) is 0 Å². The molecule has 0 fully saturated rings. The molecule has 9 heteroatoms. The first-order valence-corrected chi connectivity index (χ1v) is 12.4. The summed E-state index contributed by atoms with van der Waals surface area (Å²) in [4.78, 5) is 0. The number of hydrogen-bond donors (Lipinski definition) is 0. The predicted octanol–water partition coefficient (Wildman–Crippen LogP) is 0.842. The van der Waals surface area contributed by atoms with Crippen molar-refractivity contribution >= 4 is 85.9 Å². The maximum Gasteiger partial charge on any atom is 0.0596 e. The van der Waals surface area contributed by atoms with E-state index in [4.69, 9.17) is 68.4 Å². The lowest BCUT2D eigenvalue weighted by Crippen LogP contribution is -1.81. The first-order chi connectivity index (χ1) is 3.89. The summed E-state index contributed by atoms with van der Waals surface area (Å²) in [5, 5.41) is 0. The lowest BCUT2D eigenvalue weighted by molar-refractivity contribution is 5.33. The first-order valence-electron chi connectivity index (χ1n) is 1.38. The third-order valence-corrected chi connectivity index (χ3v) is 28.7. The minimum absolute atomic E-state index is 0.756. The zero-order valence-electron chi connectivity index (χ0n) is 3.71. The monoisotopic (exact) mass is 287 g/mol. The molecule has 0 rings (SSSR count). The summed E-state index contributed by atoms with van der Waals surface area (Å²) >= 11 is 28.9. The molecular weight excluding hydrogens is 288 g/mol. The highest BCUT2D eigenvalue weighted by atomic mass is 33.9. The average molecular weight is 288 g/mol. The van der Waals surface area contributed by atoms with E-state index in [0.29, 0.717) is 0 Å². The van der Waals surface area contributed by atoms with Crippen LogP contribution in [0.5, 0.6) is 0 Å². The summed E-state index contributed by atoms with van der Waals surface area (Å²) in [6.45, 7) is 0. The van der Waals surface area contributed by atoms with Crippen molar-refractivity contribution in [1.82, 2.24) is 0 Å². The van der Waals surface area contributed by atoms with E-state index in [2.05, 4.69) is 0 Å². The van der Waals surface area contributed by atoms with Crippen molar-refractivity contribution in [3.8, 4) is 0 Å². The third kappa shape index (κ3) is 3.48. The zero-order chi connectivity index (χ0) is 7.65. The van der Waals surface area contributed by atoms with Gasteiger partial charge in [0.15, 0.2) is 0 Å². The van der Waals surface area contributed by atoms with Gasteiger partial charge in [0.1, 0.15) is 0 Å². The average Bonchev–Trinajstić information content (AvgIpc) is 1.65. The Hall–Kier alpha value is 2.32. The minimum Gasteiger partial charge on any atom is -0.273 e. The van der Waals surface area contributed by atoms with Crippen LogP contribution in [-0.2, 0) is 81.2 Å². The van der Waals surface area contributed by atoms with Crippen molar-refractivity contribution in [2.75, 3.05) is 0 Å². The van der Waals surface area contributed by atoms with Crippen molar-refractivity contribution < 1.29 is 0 Å². The SMILES string of the molecule is S=P(=S)S(=S)(=S)[S-](=S)=S. The highest BCUT2D eigenvalue weighted by Gasteiger charge is 1.85. The molecular formula is PS8-. The number of hydrogen-bond acceptors (Lipinski definition) is 7. The van der Waals surface area contributed by atoms with Crippen LogP contribution in [0.1, 0.15) is 0 Å². The van der Waals surface area contributed by atoms with Gasteiger partial charge in [0.2, 0.25) is 0 Å². The van der Waals surface area contributed by atoms with Crippen molar-refractivity contribution in [3.63, 3.8) is 0 Å². The molecule has 0 bridgehead atoms. The van der Waals surface area contributed by atoms with E-state index in [1.54, 1.807) is 0 Å². The van der Waals surface area contributed by atoms with Gasteiger partial charge in [-0.15, -0.1) is 0 Å². The molecule has 0 amide bonds. The highest BCUT2D eigenvalue weighted by Crippen LogP contribution is 2.19. The molecule has 54 valence electrons. The molecule has 0 aliphatic rings. The molecule has 0 nitrogen and oxygen atoms in total. The Balaban J connectivity index is 5.39. The van der Waals surface area contributed by atoms with E-state index in [0.717, 1.165) is 0 Å². The molecule has 0 unspecified atom stereocenters. The van der Waals surface area contributed by atoms with Crippen LogP contribution in [0.3, 0.4) is 0 Å². The fourth-order valence-electron chi connectivity index (χ4n) is 0.0497. The molecule has 9 heavy (non-hydrogen) atoms. The molecule has 0 saturated carbocycles. The molecule has 0 radical (unpaired) electrons. The van der Waals surface area contributed by atoms with Crippen molar-refractivity contribution in [1.29, 1.82) is 0 Å². The van der Waals surface area contributed by atoms with Gasteiger partial charge < -0.3 is 0 Å². The molecule has 0 aliphatic heterocycles. The maximum atomic E-state index is 4.91. The Morgan fingerprint density at radius 3 is 1.44 bits per heavy atom. The Morgan fingerprint density at radius 2 is 1.44 bits per heavy atom. The Labute approximate surface area is 84.7 Å². The summed E-state index contributed by atoms with van der Waals surface area (Å²) in [7, 11) is -0.756. The van der Waals surface area contributed by atoms with E-state index in [1.165, 1.54) is 0 Å². The largest absolute Gasteiger partial charge is 0.273 e. The van der Waals surface area contributed by atoms with Crippen LogP contribution in [0, 0.1) is 0 Å². The van der Waals surface area contributed by atoms with Crippen LogP contribution in [0.4, 0.5) is 0 Å². The minimum atomic E-state index is -1.80. The Bertz CT molecular complexity index is 274. The van der Waals surface area contributed by atoms with Gasteiger partial charge in [0.25, 0.3) is 0 Å². The quantitative estimate of drug-likeness (QED) is 0.416. The van der Waals surface area contributed by atoms with E-state index < -0.39 is 17.5 Å². The number of rotatable bonds is 2. The van der Waals surface area contributed by atoms with E-state index in [-0.39, 0.29) is 0 Å². The second-order valence-electron chi connectivity index (χ2n) is 0.855. The zero-order valence-corrected chi connectivity index (χ0v) is 11.1. The van der Waals surface area contributed by atoms with Gasteiger partial charge >= 0.3 is 0 Å². The van der Waals surface area contributed by atoms with Gasteiger partial charge in [0.05, 0.1) is 4.67 Å². The fourth-order valence-corrected chi connectivity index (χ4v) is 12.1. The normalized spacial score (nSPS) is 11.7. The van der Waals surface area contributed by atoms with Crippen LogP contribution >= 0.6 is 4.67 Å². The summed E-state index contributed by atoms with van der Waals surface area (Å²) in [6.07, 6.45) is 0. The molecule has 0 N–H and O–H groups in total. The second-order valence-corrected chi connectivity index (χ2v) is 23.1. The molecule has 0 heterocycles. The van der Waals surface area contributed by atoms with Crippen LogP contribution in [0.15, 0.2) is 0 Å². The van der Waals surface area contributed by atoms with Crippen LogP contribution in [0.25, 0.3) is 0 Å². The fraction of sp³-hybridized carbons (Fsp3) is 0. The first kappa shape index (κ1) is 11.3. The van der Waals surface area contributed by atoms with E-state index in [1.807, 2.05) is 0 Å². The van der Waals surface area contributed by atoms with Crippen LogP contribution in [-0.4, -0.2) is 0 Å². The Kier molecular flexibility index (Phi) is 5.50. The van der Waals surface area contributed by atoms with Gasteiger partial charge in [-0.05, 0) is 23.6 Å². The molecule has 0 saturated heterocycles. The third-order valence-electron chi connectivity index (χ3n) is 0.355. The van der Waals surface area contributed by atoms with Crippen LogP contribution in [0.2, 0.25) is 0 Å². The highest BCUT2D eigenvalue weighted by molar-refractivity contribution is 9.23. The molecule has 0 spiro atoms. The molecule has 0 aromatic rings. The predicted molar refractivity (Wildman–Crippen MR) is 65.8 cm³/mol. The van der Waals surface area contributed by atoms with Crippen molar-refractivity contribution in [2.24, 2.45) is 0 Å². The van der Waals surface area contributed by atoms with E-state index in [9.17, 15) is 0 Å². The summed E-state index contributed by atoms with van der Waals surface area (Å²) in [6, 6.07) is 0. The second kappa shape index (κ2) is 4.37. The maximum absolute atomic E-state index is 4.91. The van der Waals surface area contributed by atoms with Gasteiger partial charge in [-0.1, -0.05) is 28.2 Å². The lowest BCUT2D eigenvalue weighted by atomic mass is 29.8.